The van der Waals surface area contributed by atoms with E-state index < -0.39 is 0 Å². The van der Waals surface area contributed by atoms with Crippen LogP contribution in [0.4, 0.5) is 0 Å². The van der Waals surface area contributed by atoms with Gasteiger partial charge in [0, 0.05) is 7.05 Å². The van der Waals surface area contributed by atoms with Gasteiger partial charge in [0.15, 0.2) is 0 Å². The molecule has 0 fully saturated rings. The van der Waals surface area contributed by atoms with Crippen molar-refractivity contribution >= 4 is 0 Å². The van der Waals surface area contributed by atoms with E-state index in [1.165, 1.54) is 16.7 Å². The van der Waals surface area contributed by atoms with Crippen LogP contribution in [0, 0.1) is 6.92 Å². The first-order valence-corrected chi connectivity index (χ1v) is 6.27. The number of hydrogen-bond acceptors (Lipinski definition) is 1. The molecule has 2 rings (SSSR count). The first-order valence-electron chi connectivity index (χ1n) is 6.27. The molecule has 1 nitrogen and oxygen atoms in total. The molecule has 0 bridgehead atoms. The van der Waals surface area contributed by atoms with Crippen LogP contribution in [0.2, 0.25) is 0 Å². The summed E-state index contributed by atoms with van der Waals surface area (Å²) in [6, 6.07) is 7.00. The van der Waals surface area contributed by atoms with E-state index in [0.717, 1.165) is 0 Å². The zero-order chi connectivity index (χ0) is 12.4. The third-order valence-electron chi connectivity index (χ3n) is 3.44. The second-order valence-electron chi connectivity index (χ2n) is 5.07. The maximum absolute atomic E-state index is 2.27. The van der Waals surface area contributed by atoms with Crippen molar-refractivity contribution in [1.82, 2.24) is 4.90 Å². The summed E-state index contributed by atoms with van der Waals surface area (Å²) in [5.41, 5.74) is 4.31. The highest BCUT2D eigenvalue weighted by Gasteiger charge is 2.19. The lowest BCUT2D eigenvalue weighted by molar-refractivity contribution is 0.386. The summed E-state index contributed by atoms with van der Waals surface area (Å²) in [5.74, 6) is 0.567. The number of aryl methyl sites for hydroxylation is 1. The van der Waals surface area contributed by atoms with Crippen LogP contribution in [0.3, 0.4) is 0 Å². The summed E-state index contributed by atoms with van der Waals surface area (Å²) in [5, 5.41) is 0. The predicted octanol–water partition coefficient (Wildman–Crippen LogP) is 4.17. The van der Waals surface area contributed by atoms with Gasteiger partial charge in [0.05, 0.1) is 6.04 Å². The highest BCUT2D eigenvalue weighted by molar-refractivity contribution is 5.42. The fourth-order valence-corrected chi connectivity index (χ4v) is 2.49. The molecule has 0 spiro atoms. The molecule has 0 N–H and O–H groups in total. The molecule has 1 heteroatoms. The maximum Gasteiger partial charge on any atom is 0.0726 e. The molecule has 0 aromatic heterocycles. The van der Waals surface area contributed by atoms with Crippen LogP contribution in [-0.2, 0) is 0 Å². The lowest BCUT2D eigenvalue weighted by Gasteiger charge is -2.30. The second-order valence-corrected chi connectivity index (χ2v) is 5.07. The van der Waals surface area contributed by atoms with Gasteiger partial charge in [-0.1, -0.05) is 44.2 Å². The van der Waals surface area contributed by atoms with E-state index in [1.54, 1.807) is 0 Å². The Kier molecular flexibility index (Phi) is 3.37. The fourth-order valence-electron chi connectivity index (χ4n) is 2.49. The van der Waals surface area contributed by atoms with Crippen LogP contribution in [0.25, 0.3) is 0 Å². The third-order valence-corrected chi connectivity index (χ3v) is 3.44. The monoisotopic (exact) mass is 227 g/mol. The second kappa shape index (κ2) is 4.79. The molecule has 1 aromatic rings. The Hall–Kier alpha value is -1.50. The molecule has 1 aliphatic heterocycles. The van der Waals surface area contributed by atoms with E-state index in [4.69, 9.17) is 0 Å². The zero-order valence-corrected chi connectivity index (χ0v) is 11.1. The molecule has 0 amide bonds. The largest absolute Gasteiger partial charge is 0.370 e. The van der Waals surface area contributed by atoms with Gasteiger partial charge in [-0.3, -0.25) is 0 Å². The van der Waals surface area contributed by atoms with Crippen molar-refractivity contribution in [3.05, 3.63) is 59.3 Å². The van der Waals surface area contributed by atoms with Crippen LogP contribution in [-0.4, -0.2) is 11.9 Å². The van der Waals surface area contributed by atoms with Crippen molar-refractivity contribution in [3.8, 4) is 0 Å². The smallest absolute Gasteiger partial charge is 0.0726 e. The van der Waals surface area contributed by atoms with Crippen LogP contribution in [0.5, 0.6) is 0 Å². The van der Waals surface area contributed by atoms with Crippen molar-refractivity contribution in [2.75, 3.05) is 7.05 Å². The average molecular weight is 227 g/mol. The molecule has 0 aliphatic carbocycles. The van der Waals surface area contributed by atoms with Crippen molar-refractivity contribution in [2.24, 2.45) is 0 Å². The van der Waals surface area contributed by atoms with Gasteiger partial charge in [-0.15, -0.1) is 0 Å². The highest BCUT2D eigenvalue weighted by Crippen LogP contribution is 2.33. The minimum absolute atomic E-state index is 0.374. The number of hydrogen-bond donors (Lipinski definition) is 0. The molecule has 90 valence electrons. The summed E-state index contributed by atoms with van der Waals surface area (Å²) in [6.45, 7) is 6.74. The van der Waals surface area contributed by atoms with Crippen LogP contribution >= 0.6 is 0 Å². The number of likely N-dealkylation sites (N-methyl/N-ethyl adjacent to an activating group) is 1. The zero-order valence-electron chi connectivity index (χ0n) is 11.1. The number of benzene rings is 1. The Bertz CT molecular complexity index is 455. The van der Waals surface area contributed by atoms with Gasteiger partial charge in [0.1, 0.15) is 0 Å². The first kappa shape index (κ1) is 12.0. The molecular formula is C16H21N. The Labute approximate surface area is 104 Å². The summed E-state index contributed by atoms with van der Waals surface area (Å²) in [7, 11) is 2.14. The number of allylic oxidation sites excluding steroid dienone is 2. The van der Waals surface area contributed by atoms with Crippen molar-refractivity contribution in [1.29, 1.82) is 0 Å². The molecule has 1 unspecified atom stereocenters. The van der Waals surface area contributed by atoms with Crippen molar-refractivity contribution in [3.63, 3.8) is 0 Å². The molecule has 0 radical (unpaired) electrons. The topological polar surface area (TPSA) is 3.24 Å². The summed E-state index contributed by atoms with van der Waals surface area (Å²) >= 11 is 0. The van der Waals surface area contributed by atoms with Gasteiger partial charge in [0.25, 0.3) is 0 Å². The van der Waals surface area contributed by atoms with E-state index >= 15 is 0 Å². The SMILES string of the molecule is Cc1cccc(C(C)C)c1C1C=CC=CN1C. The van der Waals surface area contributed by atoms with Crippen LogP contribution in [0.1, 0.15) is 42.5 Å². The Balaban J connectivity index is 2.50. The molecular weight excluding hydrogens is 206 g/mol. The van der Waals surface area contributed by atoms with E-state index in [-0.39, 0.29) is 0 Å². The van der Waals surface area contributed by atoms with Crippen molar-refractivity contribution in [2.45, 2.75) is 32.7 Å². The normalized spacial score (nSPS) is 19.1. The van der Waals surface area contributed by atoms with Crippen molar-refractivity contribution < 1.29 is 0 Å². The first-order chi connectivity index (χ1) is 8.11. The standard InChI is InChI=1S/C16H21N/c1-12(2)14-9-7-8-13(3)16(14)15-10-5-6-11-17(15)4/h5-12,15H,1-4H3. The summed E-state index contributed by atoms with van der Waals surface area (Å²) in [6.07, 6.45) is 8.64. The summed E-state index contributed by atoms with van der Waals surface area (Å²) in [4.78, 5) is 2.27. The Morgan fingerprint density at radius 1 is 1.18 bits per heavy atom. The van der Waals surface area contributed by atoms with Crippen LogP contribution < -0.4 is 0 Å². The van der Waals surface area contributed by atoms with Crippen LogP contribution in [0.15, 0.2) is 42.6 Å². The van der Waals surface area contributed by atoms with Gasteiger partial charge >= 0.3 is 0 Å². The van der Waals surface area contributed by atoms with Gasteiger partial charge in [-0.25, -0.2) is 0 Å². The number of nitrogens with zero attached hydrogens (tertiary/aromatic N) is 1. The van der Waals surface area contributed by atoms with E-state index in [1.807, 2.05) is 0 Å². The van der Waals surface area contributed by atoms with Gasteiger partial charge in [-0.2, -0.15) is 0 Å². The molecule has 1 atom stereocenters. The molecule has 17 heavy (non-hydrogen) atoms. The van der Waals surface area contributed by atoms with E-state index in [0.29, 0.717) is 12.0 Å². The molecule has 0 saturated carbocycles. The highest BCUT2D eigenvalue weighted by atomic mass is 15.1. The Morgan fingerprint density at radius 2 is 1.94 bits per heavy atom. The predicted molar refractivity (Wildman–Crippen MR) is 74.1 cm³/mol. The molecule has 1 aliphatic rings. The lowest BCUT2D eigenvalue weighted by atomic mass is 9.88. The van der Waals surface area contributed by atoms with E-state index in [9.17, 15) is 0 Å². The van der Waals surface area contributed by atoms with Gasteiger partial charge in [0.2, 0.25) is 0 Å². The van der Waals surface area contributed by atoms with Gasteiger partial charge < -0.3 is 4.90 Å². The minimum Gasteiger partial charge on any atom is -0.370 e. The molecule has 0 saturated heterocycles. The molecule has 1 heterocycles. The fraction of sp³-hybridized carbons (Fsp3) is 0.375. The summed E-state index contributed by atoms with van der Waals surface area (Å²) < 4.78 is 0. The van der Waals surface area contributed by atoms with Gasteiger partial charge in [-0.05, 0) is 41.8 Å². The quantitative estimate of drug-likeness (QED) is 0.732. The average Bonchev–Trinajstić information content (AvgIpc) is 2.30. The minimum atomic E-state index is 0.374. The maximum atomic E-state index is 2.27. The van der Waals surface area contributed by atoms with E-state index in [2.05, 4.69) is 75.3 Å². The Morgan fingerprint density at radius 3 is 2.59 bits per heavy atom. The number of rotatable bonds is 2. The third kappa shape index (κ3) is 2.28. The lowest BCUT2D eigenvalue weighted by Crippen LogP contribution is -2.21. The molecule has 1 aromatic carbocycles.